The highest BCUT2D eigenvalue weighted by molar-refractivity contribution is 6.11. The van der Waals surface area contributed by atoms with Crippen LogP contribution in [-0.2, 0) is 47.9 Å². The molecule has 3 atom stereocenters. The molecule has 0 spiro atoms. The third-order valence-corrected chi connectivity index (χ3v) is 22.7. The van der Waals surface area contributed by atoms with Crippen LogP contribution in [-0.4, -0.2) is 99.8 Å². The van der Waals surface area contributed by atoms with Gasteiger partial charge in [-0.2, -0.15) is 0 Å². The normalized spacial score (nSPS) is 14.1. The summed E-state index contributed by atoms with van der Waals surface area (Å²) in [5.41, 5.74) is 18.8. The van der Waals surface area contributed by atoms with Gasteiger partial charge in [0.15, 0.2) is 18.3 Å². The van der Waals surface area contributed by atoms with Crippen molar-refractivity contribution < 1.29 is 58.1 Å². The number of aliphatic carboxylic acids is 3. The Kier molecular flexibility index (Phi) is 22.5. The molecule has 110 heavy (non-hydrogen) atoms. The number of aryl methyl sites for hydroxylation is 6. The van der Waals surface area contributed by atoms with Gasteiger partial charge in [-0.3, -0.25) is 29.9 Å². The van der Waals surface area contributed by atoms with Crippen LogP contribution in [0.3, 0.4) is 0 Å². The minimum Gasteiger partial charge on any atom is -0.493 e. The van der Waals surface area contributed by atoms with Crippen molar-refractivity contribution in [3.05, 3.63) is 195 Å². The van der Waals surface area contributed by atoms with E-state index in [9.17, 15) is 29.7 Å². The van der Waals surface area contributed by atoms with E-state index in [4.69, 9.17) is 58.3 Å². The molecule has 570 valence electrons. The number of ether oxygens (including phenoxy) is 6. The average molecular weight is 1480 g/mol. The largest absolute Gasteiger partial charge is 0.493 e. The van der Waals surface area contributed by atoms with Gasteiger partial charge < -0.3 is 43.7 Å². The van der Waals surface area contributed by atoms with Crippen LogP contribution in [0.4, 0.5) is 0 Å². The Hall–Kier alpha value is -10.5. The molecule has 6 aromatic carbocycles. The quantitative estimate of drug-likeness (QED) is 0.0504. The van der Waals surface area contributed by atoms with Crippen molar-refractivity contribution in [3.8, 4) is 50.6 Å². The van der Waals surface area contributed by atoms with Gasteiger partial charge in [-0.15, -0.1) is 0 Å². The van der Waals surface area contributed by atoms with Gasteiger partial charge in [0, 0.05) is 121 Å². The van der Waals surface area contributed by atoms with Crippen molar-refractivity contribution in [1.29, 1.82) is 0 Å². The highest BCUT2D eigenvalue weighted by atomic mass is 16.5. The minimum atomic E-state index is -1.14. The SMILES string of the molecule is CCC(C)(CC)O[C@H](C(=O)O)c1c(C)cc2nc(C)ccc2c1-c1ccc2c3c(ccnc13)CCO2.CCC(C)(CC)O[C@H](C(=O)O)c1c(C)cc2nc(C)ccc2c1-c1ccc2c3c(ccnc13)CCO2.CCCCCC(C)(C)O[C@H](C(=O)O)c1c(C)cc2nc(C)ccc2c1-c1ccc2c3c(ccnc13)CCO2. The Morgan fingerprint density at radius 2 is 0.727 bits per heavy atom. The summed E-state index contributed by atoms with van der Waals surface area (Å²) >= 11 is 0. The molecule has 0 fully saturated rings. The Bertz CT molecular complexity index is 5330. The zero-order valence-corrected chi connectivity index (χ0v) is 66.0. The number of benzene rings is 6. The van der Waals surface area contributed by atoms with Gasteiger partial charge in [0.25, 0.3) is 0 Å². The number of pyridine rings is 6. The predicted molar refractivity (Wildman–Crippen MR) is 434 cm³/mol. The second-order valence-corrected chi connectivity index (χ2v) is 30.8. The van der Waals surface area contributed by atoms with Crippen LogP contribution in [0.2, 0.25) is 0 Å². The number of hydrogen-bond donors (Lipinski definition) is 3. The highest BCUT2D eigenvalue weighted by Crippen LogP contribution is 2.50. The molecule has 3 N–H and O–H groups in total. The maximum absolute atomic E-state index is 12.9. The van der Waals surface area contributed by atoms with Crippen LogP contribution < -0.4 is 14.2 Å². The molecular weight excluding hydrogens is 1380 g/mol. The summed E-state index contributed by atoms with van der Waals surface area (Å²) in [6.45, 7) is 31.8. The number of unbranched alkanes of at least 4 members (excludes halogenated alkanes) is 2. The second-order valence-electron chi connectivity index (χ2n) is 30.8. The number of rotatable bonds is 23. The number of aromatic nitrogens is 6. The molecule has 0 unspecified atom stereocenters. The van der Waals surface area contributed by atoms with E-state index in [-0.39, 0.29) is 0 Å². The first-order chi connectivity index (χ1) is 52.7. The van der Waals surface area contributed by atoms with Crippen LogP contribution in [0.15, 0.2) is 128 Å². The van der Waals surface area contributed by atoms with Crippen LogP contribution in [0, 0.1) is 41.5 Å². The van der Waals surface area contributed by atoms with E-state index in [1.54, 1.807) is 0 Å². The average Bonchev–Trinajstić information content (AvgIpc) is 0.743. The number of carboxylic acids is 3. The molecule has 9 heterocycles. The monoisotopic (exact) mass is 1480 g/mol. The summed E-state index contributed by atoms with van der Waals surface area (Å²) in [7, 11) is 0. The second kappa shape index (κ2) is 31.8. The van der Waals surface area contributed by atoms with Gasteiger partial charge >= 0.3 is 17.9 Å². The van der Waals surface area contributed by atoms with Crippen LogP contribution in [0.25, 0.3) is 98.8 Å². The Morgan fingerprint density at radius 3 is 1.02 bits per heavy atom. The number of nitrogens with zero attached hydrogens (tertiary/aromatic N) is 6. The van der Waals surface area contributed by atoms with Gasteiger partial charge in [0.1, 0.15) is 17.2 Å². The molecule has 15 rings (SSSR count). The van der Waals surface area contributed by atoms with Crippen molar-refractivity contribution in [1.82, 2.24) is 29.9 Å². The van der Waals surface area contributed by atoms with Crippen molar-refractivity contribution in [2.75, 3.05) is 19.8 Å². The van der Waals surface area contributed by atoms with Gasteiger partial charge in [0.2, 0.25) is 0 Å². The van der Waals surface area contributed by atoms with E-state index in [0.717, 1.165) is 195 Å². The summed E-state index contributed by atoms with van der Waals surface area (Å²) in [5.74, 6) is -0.584. The molecule has 0 radical (unpaired) electrons. The molecule has 0 amide bonds. The smallest absolute Gasteiger partial charge is 0.337 e. The first kappa shape index (κ1) is 77.6. The molecule has 0 saturated carbocycles. The molecule has 18 heteroatoms. The lowest BCUT2D eigenvalue weighted by atomic mass is 9.86. The molecule has 0 bridgehead atoms. The fourth-order valence-electron chi connectivity index (χ4n) is 16.0. The van der Waals surface area contributed by atoms with Crippen molar-refractivity contribution in [3.63, 3.8) is 0 Å². The van der Waals surface area contributed by atoms with Gasteiger partial charge in [-0.1, -0.05) is 72.1 Å². The van der Waals surface area contributed by atoms with Crippen molar-refractivity contribution in [2.24, 2.45) is 0 Å². The standard InChI is InChI=1S/C32H36N2O4.2C30H32N2O4/c1-6-7-8-15-32(4,5)38-30(31(35)36)26-19(2)18-24-22(10-9-20(3)34-24)28(26)23-11-12-25-27-21(14-17-37-25)13-16-33-29(23)27;2*1-6-30(5,7-2)36-28(29(33)34)24-17(3)16-22-20(9-8-18(4)32-22)26(24)21-10-11-23-25-19(13-15-35-23)12-14-31-27(21)25/h9-13,16,18,30H,6-8,14-15,17H2,1-5H3,(H,35,36);2*8-12,14,16,28H,6-7,13,15H2,1-5H3,(H,33,34)/t30-;2*28-/m000/s1. The molecular formula is C92H100N6O12. The summed E-state index contributed by atoms with van der Waals surface area (Å²) in [6.07, 6.45) is 11.3. The molecule has 3 aliphatic rings. The fourth-order valence-corrected chi connectivity index (χ4v) is 16.0. The molecule has 3 aliphatic heterocycles. The van der Waals surface area contributed by atoms with E-state index in [2.05, 4.69) is 6.92 Å². The van der Waals surface area contributed by atoms with E-state index in [0.29, 0.717) is 62.2 Å². The molecule has 6 aromatic heterocycles. The van der Waals surface area contributed by atoms with Crippen LogP contribution in [0.1, 0.15) is 199 Å². The molecule has 12 aromatic rings. The van der Waals surface area contributed by atoms with E-state index < -0.39 is 53.0 Å². The number of carboxylic acid groups (broad SMARTS) is 3. The fraction of sp³-hybridized carbons (Fsp3) is 0.380. The van der Waals surface area contributed by atoms with Gasteiger partial charge in [0.05, 0.1) is 69.7 Å². The lowest BCUT2D eigenvalue weighted by molar-refractivity contribution is -0.165. The van der Waals surface area contributed by atoms with Gasteiger partial charge in [-0.25, -0.2) is 14.4 Å². The lowest BCUT2D eigenvalue weighted by Gasteiger charge is -2.33. The lowest BCUT2D eigenvalue weighted by Crippen LogP contribution is -2.32. The Morgan fingerprint density at radius 1 is 0.418 bits per heavy atom. The van der Waals surface area contributed by atoms with E-state index in [1.807, 2.05) is 225 Å². The molecule has 0 saturated heterocycles. The molecule has 18 nitrogen and oxygen atoms in total. The third-order valence-electron chi connectivity index (χ3n) is 22.7. The van der Waals surface area contributed by atoms with E-state index in [1.165, 1.54) is 16.7 Å². The van der Waals surface area contributed by atoms with Crippen LogP contribution in [0.5, 0.6) is 17.2 Å². The molecule has 0 aliphatic carbocycles. The third kappa shape index (κ3) is 15.2. The Labute approximate surface area is 643 Å². The van der Waals surface area contributed by atoms with Crippen molar-refractivity contribution >= 4 is 83.3 Å². The summed E-state index contributed by atoms with van der Waals surface area (Å²) in [4.78, 5) is 67.2. The van der Waals surface area contributed by atoms with Crippen LogP contribution >= 0.6 is 0 Å². The maximum Gasteiger partial charge on any atom is 0.337 e. The maximum atomic E-state index is 12.9. The zero-order valence-electron chi connectivity index (χ0n) is 66.0. The minimum absolute atomic E-state index is 0.570. The zero-order chi connectivity index (χ0) is 78.3. The topological polar surface area (TPSA) is 245 Å². The number of hydrogen-bond acceptors (Lipinski definition) is 15. The van der Waals surface area contributed by atoms with Gasteiger partial charge in [-0.05, 0) is 242 Å². The Balaban J connectivity index is 0.000000145. The highest BCUT2D eigenvalue weighted by Gasteiger charge is 2.39. The van der Waals surface area contributed by atoms with E-state index >= 15 is 0 Å². The van der Waals surface area contributed by atoms with Crippen molar-refractivity contribution in [2.45, 2.75) is 210 Å². The first-order valence-corrected chi connectivity index (χ1v) is 38.8. The number of carbonyl (C=O) groups is 3. The predicted octanol–water partition coefficient (Wildman–Crippen LogP) is 20.9. The summed E-state index contributed by atoms with van der Waals surface area (Å²) in [6, 6.07) is 35.9. The first-order valence-electron chi connectivity index (χ1n) is 38.8. The summed E-state index contributed by atoms with van der Waals surface area (Å²) < 4.78 is 37.2. The number of fused-ring (bicyclic) bond motifs is 3. The summed E-state index contributed by atoms with van der Waals surface area (Å²) in [5, 5.41) is 37.1.